The van der Waals surface area contributed by atoms with Crippen molar-refractivity contribution in [1.82, 2.24) is 9.80 Å². The number of ether oxygens (including phenoxy) is 1. The minimum absolute atomic E-state index is 0.203. The Kier molecular flexibility index (Phi) is 5.09. The standard InChI is InChI=1S/C21H30N2O2/c1-22-13-7-3-6-11-18-20(22)17(16-9-4-2-5-10-16)15-23(18)21(24)19-12-8-14-25-19/h2,4-5,9-10,17-20H,3,6-8,11-15H2,1H3/t17-,18+,19-,20-/m0/s1. The van der Waals surface area contributed by atoms with Crippen LogP contribution in [0.5, 0.6) is 0 Å². The minimum Gasteiger partial charge on any atom is -0.368 e. The van der Waals surface area contributed by atoms with Gasteiger partial charge in [0.15, 0.2) is 0 Å². The van der Waals surface area contributed by atoms with E-state index in [4.69, 9.17) is 4.74 Å². The van der Waals surface area contributed by atoms with Gasteiger partial charge in [0, 0.05) is 31.2 Å². The molecule has 25 heavy (non-hydrogen) atoms. The summed E-state index contributed by atoms with van der Waals surface area (Å²) < 4.78 is 5.73. The van der Waals surface area contributed by atoms with E-state index in [-0.39, 0.29) is 12.0 Å². The van der Waals surface area contributed by atoms with E-state index in [1.54, 1.807) is 0 Å². The number of fused-ring (bicyclic) bond motifs is 1. The number of carbonyl (C=O) groups is 1. The van der Waals surface area contributed by atoms with Crippen molar-refractivity contribution in [1.29, 1.82) is 0 Å². The average molecular weight is 342 g/mol. The summed E-state index contributed by atoms with van der Waals surface area (Å²) in [6, 6.07) is 11.5. The smallest absolute Gasteiger partial charge is 0.252 e. The summed E-state index contributed by atoms with van der Waals surface area (Å²) in [7, 11) is 2.25. The molecular formula is C21H30N2O2. The molecule has 1 amide bonds. The van der Waals surface area contributed by atoms with Crippen molar-refractivity contribution in [3.05, 3.63) is 35.9 Å². The molecule has 3 fully saturated rings. The van der Waals surface area contributed by atoms with Crippen LogP contribution in [0.4, 0.5) is 0 Å². The maximum Gasteiger partial charge on any atom is 0.252 e. The first-order valence-electron chi connectivity index (χ1n) is 9.93. The van der Waals surface area contributed by atoms with E-state index >= 15 is 0 Å². The molecule has 0 saturated carbocycles. The quantitative estimate of drug-likeness (QED) is 0.828. The first-order valence-corrected chi connectivity index (χ1v) is 9.93. The molecule has 1 aromatic carbocycles. The third kappa shape index (κ3) is 3.34. The van der Waals surface area contributed by atoms with Gasteiger partial charge in [0.2, 0.25) is 0 Å². The van der Waals surface area contributed by atoms with E-state index < -0.39 is 0 Å². The van der Waals surface area contributed by atoms with Gasteiger partial charge >= 0.3 is 0 Å². The fourth-order valence-electron chi connectivity index (χ4n) is 5.09. The van der Waals surface area contributed by atoms with Crippen LogP contribution in [0, 0.1) is 0 Å². The molecule has 1 aromatic rings. The Morgan fingerprint density at radius 3 is 2.68 bits per heavy atom. The van der Waals surface area contributed by atoms with Crippen LogP contribution in [0.1, 0.15) is 50.0 Å². The van der Waals surface area contributed by atoms with Gasteiger partial charge < -0.3 is 14.5 Å². The van der Waals surface area contributed by atoms with Crippen molar-refractivity contribution >= 4 is 5.91 Å². The zero-order chi connectivity index (χ0) is 17.2. The highest BCUT2D eigenvalue weighted by atomic mass is 16.5. The lowest BCUT2D eigenvalue weighted by Crippen LogP contribution is -2.49. The molecule has 3 aliphatic rings. The highest BCUT2D eigenvalue weighted by Crippen LogP contribution is 2.39. The molecule has 3 heterocycles. The molecular weight excluding hydrogens is 312 g/mol. The van der Waals surface area contributed by atoms with Crippen molar-refractivity contribution in [2.45, 2.75) is 62.6 Å². The van der Waals surface area contributed by atoms with Gasteiger partial charge in [0.05, 0.1) is 0 Å². The Bertz CT molecular complexity index is 585. The highest BCUT2D eigenvalue weighted by molar-refractivity contribution is 5.82. The van der Waals surface area contributed by atoms with Crippen LogP contribution in [-0.4, -0.2) is 60.6 Å². The van der Waals surface area contributed by atoms with Crippen LogP contribution in [-0.2, 0) is 9.53 Å². The second kappa shape index (κ2) is 7.46. The van der Waals surface area contributed by atoms with Gasteiger partial charge in [-0.25, -0.2) is 0 Å². The summed E-state index contributed by atoms with van der Waals surface area (Å²) in [5.74, 6) is 0.638. The zero-order valence-corrected chi connectivity index (χ0v) is 15.3. The lowest BCUT2D eigenvalue weighted by Gasteiger charge is -2.37. The zero-order valence-electron chi connectivity index (χ0n) is 15.3. The van der Waals surface area contributed by atoms with Gasteiger partial charge in [-0.1, -0.05) is 43.2 Å². The summed E-state index contributed by atoms with van der Waals surface area (Å²) in [5.41, 5.74) is 1.37. The number of hydrogen-bond donors (Lipinski definition) is 0. The number of rotatable bonds is 2. The topological polar surface area (TPSA) is 32.8 Å². The molecule has 0 radical (unpaired) electrons. The van der Waals surface area contributed by atoms with Gasteiger partial charge in [-0.2, -0.15) is 0 Å². The third-order valence-corrected chi connectivity index (χ3v) is 6.34. The molecule has 0 N–H and O–H groups in total. The van der Waals surface area contributed by atoms with Gasteiger partial charge in [-0.15, -0.1) is 0 Å². The second-order valence-electron chi connectivity index (χ2n) is 7.90. The Morgan fingerprint density at radius 1 is 1.08 bits per heavy atom. The summed E-state index contributed by atoms with van der Waals surface area (Å²) in [5, 5.41) is 0. The van der Waals surface area contributed by atoms with Crippen molar-refractivity contribution in [3.63, 3.8) is 0 Å². The van der Waals surface area contributed by atoms with Crippen LogP contribution >= 0.6 is 0 Å². The van der Waals surface area contributed by atoms with Crippen LogP contribution in [0.25, 0.3) is 0 Å². The Balaban J connectivity index is 1.64. The maximum absolute atomic E-state index is 13.2. The monoisotopic (exact) mass is 342 g/mol. The first kappa shape index (κ1) is 17.0. The number of nitrogens with zero attached hydrogens (tertiary/aromatic N) is 2. The minimum atomic E-state index is -0.203. The molecule has 4 rings (SSSR count). The van der Waals surface area contributed by atoms with E-state index in [0.29, 0.717) is 18.0 Å². The molecule has 0 spiro atoms. The van der Waals surface area contributed by atoms with Crippen LogP contribution in [0.2, 0.25) is 0 Å². The SMILES string of the molecule is CN1CCCCC[C@@H]2[C@@H]1[C@H](c1ccccc1)CN2C(=O)[C@@H]1CCCO1. The molecule has 136 valence electrons. The second-order valence-corrected chi connectivity index (χ2v) is 7.90. The van der Waals surface area contributed by atoms with Gasteiger partial charge in [-0.3, -0.25) is 4.79 Å². The summed E-state index contributed by atoms with van der Waals surface area (Å²) in [6.45, 7) is 2.70. The normalized spacial score (nSPS) is 33.7. The number of amides is 1. The molecule has 4 heteroatoms. The average Bonchev–Trinajstić information content (AvgIpc) is 3.27. The van der Waals surface area contributed by atoms with E-state index in [2.05, 4.69) is 47.2 Å². The Labute approximate surface area is 151 Å². The Morgan fingerprint density at radius 2 is 1.92 bits per heavy atom. The predicted molar refractivity (Wildman–Crippen MR) is 98.5 cm³/mol. The van der Waals surface area contributed by atoms with E-state index in [9.17, 15) is 4.79 Å². The lowest BCUT2D eigenvalue weighted by molar-refractivity contribution is -0.142. The van der Waals surface area contributed by atoms with Crippen molar-refractivity contribution < 1.29 is 9.53 Å². The molecule has 0 aromatic heterocycles. The summed E-state index contributed by atoms with van der Waals surface area (Å²) in [6.07, 6.45) is 6.58. The van der Waals surface area contributed by atoms with E-state index in [0.717, 1.165) is 39.0 Å². The number of hydrogen-bond acceptors (Lipinski definition) is 3. The van der Waals surface area contributed by atoms with E-state index in [1.165, 1.54) is 24.8 Å². The molecule has 4 nitrogen and oxygen atoms in total. The van der Waals surface area contributed by atoms with Crippen LogP contribution < -0.4 is 0 Å². The van der Waals surface area contributed by atoms with Gasteiger partial charge in [0.1, 0.15) is 6.10 Å². The maximum atomic E-state index is 13.2. The fourth-order valence-corrected chi connectivity index (χ4v) is 5.09. The predicted octanol–water partition coefficient (Wildman–Crippen LogP) is 3.03. The molecule has 4 atom stereocenters. The first-order chi connectivity index (χ1) is 12.3. The van der Waals surface area contributed by atoms with E-state index in [1.807, 2.05) is 0 Å². The highest BCUT2D eigenvalue weighted by Gasteiger charge is 2.47. The van der Waals surface area contributed by atoms with Gasteiger partial charge in [-0.05, 0) is 44.8 Å². The fraction of sp³-hybridized carbons (Fsp3) is 0.667. The summed E-state index contributed by atoms with van der Waals surface area (Å²) in [4.78, 5) is 17.9. The van der Waals surface area contributed by atoms with Crippen molar-refractivity contribution in [2.24, 2.45) is 0 Å². The summed E-state index contributed by atoms with van der Waals surface area (Å²) >= 11 is 0. The van der Waals surface area contributed by atoms with Crippen LogP contribution in [0.3, 0.4) is 0 Å². The molecule has 0 aliphatic carbocycles. The lowest BCUT2D eigenvalue weighted by atomic mass is 9.87. The number of carbonyl (C=O) groups excluding carboxylic acids is 1. The van der Waals surface area contributed by atoms with Crippen molar-refractivity contribution in [2.75, 3.05) is 26.7 Å². The number of likely N-dealkylation sites (tertiary alicyclic amines) is 2. The molecule has 0 bridgehead atoms. The molecule has 3 aliphatic heterocycles. The number of likely N-dealkylation sites (N-methyl/N-ethyl adjacent to an activating group) is 1. The molecule has 3 saturated heterocycles. The largest absolute Gasteiger partial charge is 0.368 e. The third-order valence-electron chi connectivity index (χ3n) is 6.34. The van der Waals surface area contributed by atoms with Crippen molar-refractivity contribution in [3.8, 4) is 0 Å². The van der Waals surface area contributed by atoms with Crippen LogP contribution in [0.15, 0.2) is 30.3 Å². The Hall–Kier alpha value is -1.39. The van der Waals surface area contributed by atoms with Gasteiger partial charge in [0.25, 0.3) is 5.91 Å². The molecule has 0 unspecified atom stereocenters. The number of benzene rings is 1.